The lowest BCUT2D eigenvalue weighted by Gasteiger charge is -2.21. The first-order chi connectivity index (χ1) is 10.3. The van der Waals surface area contributed by atoms with E-state index in [0.29, 0.717) is 0 Å². The Labute approximate surface area is 126 Å². The molecule has 0 radical (unpaired) electrons. The van der Waals surface area contributed by atoms with Crippen molar-refractivity contribution in [3.8, 4) is 0 Å². The molecule has 2 aromatic rings. The average Bonchev–Trinajstić information content (AvgIpc) is 2.79. The Hall–Kier alpha value is -2.10. The zero-order valence-corrected chi connectivity index (χ0v) is 12.5. The largest absolute Gasteiger partial charge is 0.356 e. The van der Waals surface area contributed by atoms with Crippen LogP contribution in [-0.2, 0) is 0 Å². The third-order valence-corrected chi connectivity index (χ3v) is 3.91. The van der Waals surface area contributed by atoms with E-state index in [2.05, 4.69) is 51.4 Å². The number of aromatic nitrogens is 2. The van der Waals surface area contributed by atoms with E-state index in [1.54, 1.807) is 6.33 Å². The van der Waals surface area contributed by atoms with Crippen molar-refractivity contribution in [1.82, 2.24) is 9.97 Å². The normalized spacial score (nSPS) is 15.6. The molecule has 1 aliphatic rings. The van der Waals surface area contributed by atoms with E-state index in [1.807, 2.05) is 6.07 Å². The van der Waals surface area contributed by atoms with Gasteiger partial charge in [-0.25, -0.2) is 9.97 Å². The van der Waals surface area contributed by atoms with Crippen LogP contribution in [0.5, 0.6) is 0 Å². The molecular weight excluding hydrogens is 260 g/mol. The van der Waals surface area contributed by atoms with Crippen LogP contribution in [0.25, 0.3) is 0 Å². The summed E-state index contributed by atoms with van der Waals surface area (Å²) in [4.78, 5) is 11.1. The van der Waals surface area contributed by atoms with Crippen LogP contribution in [0.3, 0.4) is 0 Å². The van der Waals surface area contributed by atoms with Crippen molar-refractivity contribution in [2.75, 3.05) is 23.3 Å². The molecule has 3 rings (SSSR count). The van der Waals surface area contributed by atoms with Crippen molar-refractivity contribution in [2.24, 2.45) is 0 Å². The average molecular weight is 282 g/mol. The van der Waals surface area contributed by atoms with Crippen LogP contribution < -0.4 is 10.2 Å². The Bertz CT molecular complexity index is 572. The maximum absolute atomic E-state index is 4.44. The maximum atomic E-state index is 4.44. The van der Waals surface area contributed by atoms with Gasteiger partial charge in [-0.05, 0) is 31.9 Å². The highest BCUT2D eigenvalue weighted by Gasteiger charge is 2.11. The molecule has 0 bridgehead atoms. The van der Waals surface area contributed by atoms with Crippen molar-refractivity contribution in [3.05, 3.63) is 42.2 Å². The number of anilines is 3. The number of aryl methyl sites for hydroxylation is 1. The van der Waals surface area contributed by atoms with Crippen molar-refractivity contribution in [3.63, 3.8) is 0 Å². The van der Waals surface area contributed by atoms with Gasteiger partial charge in [0.25, 0.3) is 0 Å². The number of nitrogens with one attached hydrogen (secondary N) is 1. The summed E-state index contributed by atoms with van der Waals surface area (Å²) >= 11 is 0. The predicted octanol–water partition coefficient (Wildman–Crippen LogP) is 3.91. The molecule has 4 heteroatoms. The van der Waals surface area contributed by atoms with E-state index in [0.717, 1.165) is 30.4 Å². The van der Waals surface area contributed by atoms with E-state index in [4.69, 9.17) is 0 Å². The third-order valence-electron chi connectivity index (χ3n) is 3.91. The van der Waals surface area contributed by atoms with Gasteiger partial charge in [0.1, 0.15) is 18.0 Å². The monoisotopic (exact) mass is 282 g/mol. The Kier molecular flexibility index (Phi) is 4.34. The standard InChI is InChI=1S/C17H22N4/c1-14-6-8-15(9-7-14)20-16-12-17(19-13-18-16)21-10-4-2-3-5-11-21/h6-9,12-13H,2-5,10-11H2,1H3,(H,18,19,20). The molecule has 1 fully saturated rings. The predicted molar refractivity (Wildman–Crippen MR) is 87.2 cm³/mol. The lowest BCUT2D eigenvalue weighted by Crippen LogP contribution is -2.24. The van der Waals surface area contributed by atoms with E-state index < -0.39 is 0 Å². The van der Waals surface area contributed by atoms with Crippen LogP contribution in [0.15, 0.2) is 36.7 Å². The minimum atomic E-state index is 0.855. The van der Waals surface area contributed by atoms with Gasteiger partial charge >= 0.3 is 0 Å². The Balaban J connectivity index is 1.74. The molecule has 1 aromatic carbocycles. The first kappa shape index (κ1) is 13.9. The second-order valence-electron chi connectivity index (χ2n) is 5.65. The molecule has 0 amide bonds. The molecule has 0 spiro atoms. The number of benzene rings is 1. The summed E-state index contributed by atoms with van der Waals surface area (Å²) in [5, 5.41) is 3.35. The van der Waals surface area contributed by atoms with Gasteiger partial charge in [-0.15, -0.1) is 0 Å². The molecule has 0 atom stereocenters. The minimum absolute atomic E-state index is 0.855. The van der Waals surface area contributed by atoms with Crippen molar-refractivity contribution >= 4 is 17.3 Å². The van der Waals surface area contributed by atoms with Gasteiger partial charge in [-0.3, -0.25) is 0 Å². The molecule has 1 aliphatic heterocycles. The first-order valence-corrected chi connectivity index (χ1v) is 7.72. The fourth-order valence-electron chi connectivity index (χ4n) is 2.67. The van der Waals surface area contributed by atoms with Gasteiger partial charge < -0.3 is 10.2 Å². The summed E-state index contributed by atoms with van der Waals surface area (Å²) in [5.74, 6) is 1.88. The quantitative estimate of drug-likeness (QED) is 0.926. The van der Waals surface area contributed by atoms with Crippen LogP contribution in [0, 0.1) is 6.92 Å². The number of hydrogen-bond acceptors (Lipinski definition) is 4. The van der Waals surface area contributed by atoms with Gasteiger partial charge in [-0.1, -0.05) is 30.5 Å². The smallest absolute Gasteiger partial charge is 0.135 e. The molecular formula is C17H22N4. The molecule has 110 valence electrons. The second kappa shape index (κ2) is 6.57. The van der Waals surface area contributed by atoms with Crippen molar-refractivity contribution < 1.29 is 0 Å². The van der Waals surface area contributed by atoms with Gasteiger partial charge in [0.15, 0.2) is 0 Å². The summed E-state index contributed by atoms with van der Waals surface area (Å²) in [6, 6.07) is 10.4. The number of rotatable bonds is 3. The fourth-order valence-corrected chi connectivity index (χ4v) is 2.67. The highest BCUT2D eigenvalue weighted by atomic mass is 15.2. The van der Waals surface area contributed by atoms with E-state index in [-0.39, 0.29) is 0 Å². The van der Waals surface area contributed by atoms with E-state index in [1.165, 1.54) is 31.2 Å². The first-order valence-electron chi connectivity index (χ1n) is 7.72. The van der Waals surface area contributed by atoms with Crippen LogP contribution in [0.2, 0.25) is 0 Å². The van der Waals surface area contributed by atoms with Gasteiger partial charge in [0.05, 0.1) is 0 Å². The summed E-state index contributed by atoms with van der Waals surface area (Å²) in [5.41, 5.74) is 2.31. The molecule has 2 heterocycles. The molecule has 0 aliphatic carbocycles. The van der Waals surface area contributed by atoms with Crippen molar-refractivity contribution in [1.29, 1.82) is 0 Å². The molecule has 1 saturated heterocycles. The molecule has 21 heavy (non-hydrogen) atoms. The lowest BCUT2D eigenvalue weighted by molar-refractivity contribution is 0.726. The van der Waals surface area contributed by atoms with Crippen molar-refractivity contribution in [2.45, 2.75) is 32.6 Å². The van der Waals surface area contributed by atoms with Gasteiger partial charge in [0.2, 0.25) is 0 Å². The van der Waals surface area contributed by atoms with Crippen LogP contribution in [-0.4, -0.2) is 23.1 Å². The SMILES string of the molecule is Cc1ccc(Nc2cc(N3CCCCCC3)ncn2)cc1. The number of nitrogens with zero attached hydrogens (tertiary/aromatic N) is 3. The Morgan fingerprint density at radius 1 is 0.952 bits per heavy atom. The van der Waals surface area contributed by atoms with Crippen LogP contribution in [0.4, 0.5) is 17.3 Å². The summed E-state index contributed by atoms with van der Waals surface area (Å²) < 4.78 is 0. The van der Waals surface area contributed by atoms with Crippen LogP contribution >= 0.6 is 0 Å². The molecule has 4 nitrogen and oxygen atoms in total. The molecule has 0 saturated carbocycles. The fraction of sp³-hybridized carbons (Fsp3) is 0.412. The Morgan fingerprint density at radius 3 is 2.38 bits per heavy atom. The molecule has 1 N–H and O–H groups in total. The van der Waals surface area contributed by atoms with Gasteiger partial charge in [-0.2, -0.15) is 0 Å². The highest BCUT2D eigenvalue weighted by Crippen LogP contribution is 2.21. The van der Waals surface area contributed by atoms with Gasteiger partial charge in [0, 0.05) is 24.8 Å². The number of hydrogen-bond donors (Lipinski definition) is 1. The summed E-state index contributed by atoms with van der Waals surface area (Å²) in [6.07, 6.45) is 6.82. The highest BCUT2D eigenvalue weighted by molar-refractivity contribution is 5.59. The van der Waals surface area contributed by atoms with Crippen LogP contribution in [0.1, 0.15) is 31.2 Å². The Morgan fingerprint density at radius 2 is 1.67 bits per heavy atom. The summed E-state index contributed by atoms with van der Waals surface area (Å²) in [6.45, 7) is 4.29. The van der Waals surface area contributed by atoms with E-state index >= 15 is 0 Å². The zero-order valence-electron chi connectivity index (χ0n) is 12.5. The molecule has 1 aromatic heterocycles. The zero-order chi connectivity index (χ0) is 14.5. The second-order valence-corrected chi connectivity index (χ2v) is 5.65. The topological polar surface area (TPSA) is 41.0 Å². The maximum Gasteiger partial charge on any atom is 0.135 e. The lowest BCUT2D eigenvalue weighted by atomic mass is 10.2. The summed E-state index contributed by atoms with van der Waals surface area (Å²) in [7, 11) is 0. The van der Waals surface area contributed by atoms with E-state index in [9.17, 15) is 0 Å². The third kappa shape index (κ3) is 3.72. The molecule has 0 unspecified atom stereocenters. The minimum Gasteiger partial charge on any atom is -0.356 e.